The molecule has 0 saturated heterocycles. The van der Waals surface area contributed by atoms with E-state index in [-0.39, 0.29) is 34.0 Å². The number of carbonyl (C=O) groups is 2. The van der Waals surface area contributed by atoms with Gasteiger partial charge in [-0.15, -0.1) is 0 Å². The molecular weight excluding hydrogens is 687 g/mol. The van der Waals surface area contributed by atoms with Gasteiger partial charge in [0.2, 0.25) is 0 Å². The minimum atomic E-state index is -1.14. The summed E-state index contributed by atoms with van der Waals surface area (Å²) in [4.78, 5) is 19.5. The molecule has 5 heteroatoms. The molecule has 0 aliphatic carbocycles. The van der Waals surface area contributed by atoms with Crippen molar-refractivity contribution in [1.29, 1.82) is 0 Å². The molecule has 0 spiro atoms. The Hall–Kier alpha value is -0.261. The van der Waals surface area contributed by atoms with Crippen molar-refractivity contribution in [2.75, 3.05) is 0 Å². The molecule has 0 aromatic heterocycles. The fraction of sp³-hybridized carbons (Fsp3) is 0.952. The fourth-order valence-electron chi connectivity index (χ4n) is 6.26. The summed E-state index contributed by atoms with van der Waals surface area (Å²) in [6, 6.07) is 0. The van der Waals surface area contributed by atoms with Gasteiger partial charge in [-0.1, -0.05) is 78.1 Å². The Balaban J connectivity index is 0. The summed E-state index contributed by atoms with van der Waals surface area (Å²) in [7, 11) is 0. The summed E-state index contributed by atoms with van der Waals surface area (Å²) in [5.74, 6) is -2.28. The van der Waals surface area contributed by atoms with Crippen molar-refractivity contribution in [3.8, 4) is 0 Å². The van der Waals surface area contributed by atoms with E-state index in [1.54, 1.807) is 21.7 Å². The van der Waals surface area contributed by atoms with E-state index in [4.69, 9.17) is 0 Å². The van der Waals surface area contributed by atoms with E-state index >= 15 is 0 Å². The molecule has 0 aromatic rings. The van der Waals surface area contributed by atoms with Crippen LogP contribution < -0.4 is 10.2 Å². The standard InChI is InChI=1S/2C18H37.C6H10O4.Sn/c2*1-3-5-7-9-11-13-15-17-18-16-14-12-10-8-6-4-2;7-5(8)3-1-2-4-6(9)10;/h2*1,3-18H2,2H3;1-4H2,(H,7,8)(H,9,10);/q;;;+2/p-2. The van der Waals surface area contributed by atoms with E-state index in [1.165, 1.54) is 193 Å². The summed E-state index contributed by atoms with van der Waals surface area (Å²) >= 11 is 0.00985. The third kappa shape index (κ3) is 52.7. The van der Waals surface area contributed by atoms with Gasteiger partial charge in [-0.2, -0.15) is 0 Å². The zero-order chi connectivity index (χ0) is 34.7. The predicted octanol–water partition coefficient (Wildman–Crippen LogP) is 12.1. The van der Waals surface area contributed by atoms with Crippen LogP contribution in [0.1, 0.15) is 245 Å². The van der Waals surface area contributed by atoms with Gasteiger partial charge < -0.3 is 19.8 Å². The fourth-order valence-corrected chi connectivity index (χ4v) is 9.83. The van der Waals surface area contributed by atoms with Crippen molar-refractivity contribution in [1.82, 2.24) is 0 Å². The van der Waals surface area contributed by atoms with Crippen LogP contribution >= 0.6 is 0 Å². The van der Waals surface area contributed by atoms with Crippen molar-refractivity contribution >= 4 is 33.1 Å². The summed E-state index contributed by atoms with van der Waals surface area (Å²) < 4.78 is 3.33. The Bertz CT molecular complexity index is 547. The van der Waals surface area contributed by atoms with Crippen LogP contribution in [0.3, 0.4) is 0 Å². The van der Waals surface area contributed by atoms with Crippen LogP contribution in [0.15, 0.2) is 0 Å². The molecule has 4 nitrogen and oxygen atoms in total. The summed E-state index contributed by atoms with van der Waals surface area (Å²) in [5.41, 5.74) is 0. The van der Waals surface area contributed by atoms with E-state index in [0.29, 0.717) is 12.8 Å². The molecule has 278 valence electrons. The van der Waals surface area contributed by atoms with Gasteiger partial charge in [0.25, 0.3) is 0 Å². The second kappa shape index (κ2) is 45.7. The minimum Gasteiger partial charge on any atom is -0.550 e. The number of hydrogen-bond donors (Lipinski definition) is 0. The normalized spacial score (nSPS) is 10.9. The van der Waals surface area contributed by atoms with Crippen molar-refractivity contribution in [2.24, 2.45) is 0 Å². The van der Waals surface area contributed by atoms with Crippen LogP contribution in [0, 0.1) is 0 Å². The van der Waals surface area contributed by atoms with Crippen LogP contribution in [-0.4, -0.2) is 33.1 Å². The van der Waals surface area contributed by atoms with Crippen LogP contribution in [0.2, 0.25) is 8.87 Å². The van der Waals surface area contributed by atoms with E-state index in [1.807, 2.05) is 0 Å². The monoisotopic (exact) mass is 771 g/mol. The molecule has 0 radical (unpaired) electrons. The van der Waals surface area contributed by atoms with Crippen molar-refractivity contribution in [3.05, 3.63) is 0 Å². The average molecular weight is 770 g/mol. The first kappa shape index (κ1) is 48.9. The maximum atomic E-state index is 9.77. The van der Waals surface area contributed by atoms with Gasteiger partial charge in [-0.3, -0.25) is 0 Å². The number of aliphatic carboxylic acids is 2. The Morgan fingerprint density at radius 2 is 0.511 bits per heavy atom. The van der Waals surface area contributed by atoms with Crippen LogP contribution in [0.5, 0.6) is 0 Å². The number of carboxylic acid groups (broad SMARTS) is 2. The van der Waals surface area contributed by atoms with Crippen LogP contribution in [0.4, 0.5) is 0 Å². The van der Waals surface area contributed by atoms with Gasteiger partial charge in [0, 0.05) is 11.9 Å². The summed E-state index contributed by atoms with van der Waals surface area (Å²) in [6.07, 6.45) is 48.4. The second-order valence-corrected chi connectivity index (χ2v) is 18.6. The number of unbranched alkanes of at least 4 members (excludes halogenated alkanes) is 31. The van der Waals surface area contributed by atoms with Gasteiger partial charge in [0.15, 0.2) is 0 Å². The molecule has 0 bridgehead atoms. The Labute approximate surface area is 305 Å². The maximum absolute atomic E-state index is 9.77. The number of rotatable bonds is 39. The second-order valence-electron chi connectivity index (χ2n) is 14.3. The molecule has 0 rings (SSSR count). The summed E-state index contributed by atoms with van der Waals surface area (Å²) in [6.45, 7) is 4.62. The quantitative estimate of drug-likeness (QED) is 0.0461. The zero-order valence-corrected chi connectivity index (χ0v) is 34.9. The van der Waals surface area contributed by atoms with Crippen molar-refractivity contribution in [2.45, 2.75) is 254 Å². The topological polar surface area (TPSA) is 80.3 Å². The molecule has 0 aliphatic rings. The number of carboxylic acids is 2. The molecule has 0 amide bonds. The average Bonchev–Trinajstić information content (AvgIpc) is 3.05. The van der Waals surface area contributed by atoms with Gasteiger partial charge >= 0.3 is 171 Å². The molecule has 0 heterocycles. The Morgan fingerprint density at radius 1 is 0.319 bits per heavy atom. The van der Waals surface area contributed by atoms with Gasteiger partial charge in [0.05, 0.1) is 0 Å². The molecule has 0 fully saturated rings. The Kier molecular flexibility index (Phi) is 47.5. The molecule has 0 atom stereocenters. The molecule has 0 saturated carbocycles. The Morgan fingerprint density at radius 3 is 0.702 bits per heavy atom. The smallest absolute Gasteiger partial charge is 0.550 e. The molecule has 0 aliphatic heterocycles. The molecule has 0 aromatic carbocycles. The predicted molar refractivity (Wildman–Crippen MR) is 203 cm³/mol. The van der Waals surface area contributed by atoms with Gasteiger partial charge in [-0.25, -0.2) is 0 Å². The van der Waals surface area contributed by atoms with E-state index < -0.39 is 11.9 Å². The van der Waals surface area contributed by atoms with E-state index in [9.17, 15) is 19.8 Å². The first-order valence-electron chi connectivity index (χ1n) is 21.1. The number of hydrogen-bond acceptors (Lipinski definition) is 4. The first-order valence-corrected chi connectivity index (χ1v) is 25.2. The van der Waals surface area contributed by atoms with E-state index in [0.717, 1.165) is 0 Å². The zero-order valence-electron chi connectivity index (χ0n) is 32.0. The van der Waals surface area contributed by atoms with Crippen molar-refractivity contribution < 1.29 is 19.8 Å². The van der Waals surface area contributed by atoms with Gasteiger partial charge in [-0.05, 0) is 25.7 Å². The third-order valence-corrected chi connectivity index (χ3v) is 13.5. The number of carbonyl (C=O) groups excluding carboxylic acids is 2. The van der Waals surface area contributed by atoms with Crippen LogP contribution in [0.25, 0.3) is 0 Å². The molecule has 0 N–H and O–H groups in total. The van der Waals surface area contributed by atoms with Crippen LogP contribution in [-0.2, 0) is 9.59 Å². The first-order chi connectivity index (χ1) is 23.0. The van der Waals surface area contributed by atoms with E-state index in [2.05, 4.69) is 13.8 Å². The SMILES string of the molecule is CCCCCCCCCCCCCCCCC[CH2][Sn+2][CH2]CCCCCCCCCCCCCCCCC.O=C([O-])CCCCC(=O)[O-]. The third-order valence-electron chi connectivity index (χ3n) is 9.43. The van der Waals surface area contributed by atoms with Gasteiger partial charge in [0.1, 0.15) is 0 Å². The summed E-state index contributed by atoms with van der Waals surface area (Å²) in [5, 5.41) is 19.5. The molecule has 0 unspecified atom stereocenters. The minimum absolute atomic E-state index is 0.00985. The molecular formula is C42H82O4Sn. The molecule has 47 heavy (non-hydrogen) atoms. The van der Waals surface area contributed by atoms with Crippen molar-refractivity contribution in [3.63, 3.8) is 0 Å².